The van der Waals surface area contributed by atoms with Crippen molar-refractivity contribution in [1.82, 2.24) is 4.98 Å². The van der Waals surface area contributed by atoms with Crippen LogP contribution in [0.4, 0.5) is 5.13 Å². The molecule has 0 aliphatic rings. The molecular formula is C16H20N2OS. The van der Waals surface area contributed by atoms with Gasteiger partial charge >= 0.3 is 0 Å². The van der Waals surface area contributed by atoms with E-state index in [1.165, 1.54) is 4.88 Å². The van der Waals surface area contributed by atoms with Crippen molar-refractivity contribution in [1.29, 1.82) is 0 Å². The lowest BCUT2D eigenvalue weighted by molar-refractivity contribution is -0.123. The second-order valence-electron chi connectivity index (χ2n) is 5.71. The molecular weight excluding hydrogens is 268 g/mol. The van der Waals surface area contributed by atoms with Gasteiger partial charge in [-0.15, -0.1) is 11.3 Å². The highest BCUT2D eigenvalue weighted by atomic mass is 32.1. The number of benzene rings is 1. The molecule has 2 aromatic rings. The summed E-state index contributed by atoms with van der Waals surface area (Å²) in [5.74, 6) is -0.00600. The van der Waals surface area contributed by atoms with Crippen LogP contribution in [0.2, 0.25) is 0 Å². The monoisotopic (exact) mass is 288 g/mol. The summed E-state index contributed by atoms with van der Waals surface area (Å²) in [5.41, 5.74) is 1.66. The number of rotatable bonds is 3. The fraction of sp³-hybridized carbons (Fsp3) is 0.375. The molecule has 0 aliphatic heterocycles. The van der Waals surface area contributed by atoms with E-state index in [4.69, 9.17) is 0 Å². The molecule has 0 atom stereocenters. The lowest BCUT2D eigenvalue weighted by atomic mass is 9.96. The second kappa shape index (κ2) is 5.75. The maximum Gasteiger partial charge on any atom is 0.231 e. The molecule has 0 saturated carbocycles. The molecule has 1 heterocycles. The molecule has 3 nitrogen and oxygen atoms in total. The summed E-state index contributed by atoms with van der Waals surface area (Å²) in [5, 5.41) is 3.60. The molecule has 4 heteroatoms. The molecule has 1 amide bonds. The van der Waals surface area contributed by atoms with Gasteiger partial charge in [-0.25, -0.2) is 4.98 Å². The van der Waals surface area contributed by atoms with Gasteiger partial charge < -0.3 is 5.32 Å². The lowest BCUT2D eigenvalue weighted by Crippen LogP contribution is -2.27. The molecule has 1 aromatic carbocycles. The van der Waals surface area contributed by atoms with Crippen LogP contribution in [-0.2, 0) is 11.2 Å². The summed E-state index contributed by atoms with van der Waals surface area (Å²) in [6.45, 7) is 7.80. The van der Waals surface area contributed by atoms with Crippen LogP contribution in [0.1, 0.15) is 32.6 Å². The van der Waals surface area contributed by atoms with Gasteiger partial charge in [0.15, 0.2) is 5.13 Å². The predicted molar refractivity (Wildman–Crippen MR) is 85.0 cm³/mol. The zero-order valence-corrected chi connectivity index (χ0v) is 13.2. The third-order valence-corrected chi connectivity index (χ3v) is 4.08. The third kappa shape index (κ3) is 3.25. The highest BCUT2D eigenvalue weighted by Crippen LogP contribution is 2.32. The van der Waals surface area contributed by atoms with Crippen molar-refractivity contribution < 1.29 is 4.79 Å². The van der Waals surface area contributed by atoms with Gasteiger partial charge in [0, 0.05) is 15.9 Å². The number of aryl methyl sites for hydroxylation is 1. The molecule has 0 spiro atoms. The number of carbonyl (C=O) groups is 1. The van der Waals surface area contributed by atoms with Crippen LogP contribution in [0.15, 0.2) is 30.3 Å². The van der Waals surface area contributed by atoms with Crippen LogP contribution in [0, 0.1) is 5.41 Å². The Morgan fingerprint density at radius 1 is 1.25 bits per heavy atom. The van der Waals surface area contributed by atoms with Crippen LogP contribution in [0.5, 0.6) is 0 Å². The molecule has 2 rings (SSSR count). The number of anilines is 1. The van der Waals surface area contributed by atoms with Gasteiger partial charge in [-0.2, -0.15) is 0 Å². The van der Waals surface area contributed by atoms with Crippen molar-refractivity contribution in [2.24, 2.45) is 5.41 Å². The van der Waals surface area contributed by atoms with Gasteiger partial charge in [-0.3, -0.25) is 4.79 Å². The number of amides is 1. The standard InChI is InChI=1S/C16H20N2OS/c1-5-12-13(11-9-7-6-8-10-11)17-15(20-12)18-14(19)16(2,3)4/h6-10H,5H2,1-4H3,(H,17,18,19). The molecule has 1 aromatic heterocycles. The number of hydrogen-bond donors (Lipinski definition) is 1. The van der Waals surface area contributed by atoms with Gasteiger partial charge in [0.05, 0.1) is 5.69 Å². The summed E-state index contributed by atoms with van der Waals surface area (Å²) in [7, 11) is 0. The van der Waals surface area contributed by atoms with E-state index in [0.717, 1.165) is 17.7 Å². The van der Waals surface area contributed by atoms with Crippen LogP contribution in [0.3, 0.4) is 0 Å². The van der Waals surface area contributed by atoms with Crippen molar-refractivity contribution in [3.8, 4) is 11.3 Å². The number of nitrogens with zero attached hydrogens (tertiary/aromatic N) is 1. The molecule has 0 bridgehead atoms. The van der Waals surface area contributed by atoms with E-state index in [0.29, 0.717) is 5.13 Å². The first-order valence-corrected chi connectivity index (χ1v) is 7.60. The Morgan fingerprint density at radius 2 is 1.90 bits per heavy atom. The molecule has 20 heavy (non-hydrogen) atoms. The summed E-state index contributed by atoms with van der Waals surface area (Å²) >= 11 is 1.56. The van der Waals surface area contributed by atoms with Gasteiger partial charge in [-0.05, 0) is 6.42 Å². The Morgan fingerprint density at radius 3 is 2.45 bits per heavy atom. The van der Waals surface area contributed by atoms with E-state index in [2.05, 4.69) is 17.2 Å². The minimum atomic E-state index is -0.412. The molecule has 0 radical (unpaired) electrons. The first kappa shape index (κ1) is 14.7. The topological polar surface area (TPSA) is 42.0 Å². The number of carbonyl (C=O) groups excluding carboxylic acids is 1. The van der Waals surface area contributed by atoms with Gasteiger partial charge in [0.25, 0.3) is 0 Å². The Kier molecular flexibility index (Phi) is 4.23. The maximum absolute atomic E-state index is 12.0. The molecule has 1 N–H and O–H groups in total. The lowest BCUT2D eigenvalue weighted by Gasteiger charge is -2.15. The predicted octanol–water partition coefficient (Wildman–Crippen LogP) is 4.36. The van der Waals surface area contributed by atoms with Crippen LogP contribution >= 0.6 is 11.3 Å². The Hall–Kier alpha value is -1.68. The number of nitrogens with one attached hydrogen (secondary N) is 1. The number of hydrogen-bond acceptors (Lipinski definition) is 3. The Balaban J connectivity index is 2.30. The van der Waals surface area contributed by atoms with Crippen molar-refractivity contribution in [3.63, 3.8) is 0 Å². The molecule has 0 unspecified atom stereocenters. The zero-order chi connectivity index (χ0) is 14.8. The first-order chi connectivity index (χ1) is 9.41. The van der Waals surface area contributed by atoms with Crippen LogP contribution in [0.25, 0.3) is 11.3 Å². The summed E-state index contributed by atoms with van der Waals surface area (Å²) < 4.78 is 0. The van der Waals surface area contributed by atoms with Gasteiger partial charge in [-0.1, -0.05) is 58.0 Å². The van der Waals surface area contributed by atoms with E-state index in [1.54, 1.807) is 11.3 Å². The van der Waals surface area contributed by atoms with Crippen LogP contribution in [-0.4, -0.2) is 10.9 Å². The van der Waals surface area contributed by atoms with E-state index >= 15 is 0 Å². The highest BCUT2D eigenvalue weighted by Gasteiger charge is 2.23. The van der Waals surface area contributed by atoms with E-state index in [-0.39, 0.29) is 5.91 Å². The highest BCUT2D eigenvalue weighted by molar-refractivity contribution is 7.16. The zero-order valence-electron chi connectivity index (χ0n) is 12.4. The van der Waals surface area contributed by atoms with Crippen molar-refractivity contribution in [2.45, 2.75) is 34.1 Å². The van der Waals surface area contributed by atoms with E-state index in [1.807, 2.05) is 51.1 Å². The first-order valence-electron chi connectivity index (χ1n) is 6.78. The Bertz CT molecular complexity index is 597. The molecule has 0 aliphatic carbocycles. The van der Waals surface area contributed by atoms with E-state index in [9.17, 15) is 4.79 Å². The fourth-order valence-corrected chi connectivity index (χ4v) is 2.67. The summed E-state index contributed by atoms with van der Waals surface area (Å²) in [6, 6.07) is 10.1. The number of aromatic nitrogens is 1. The average molecular weight is 288 g/mol. The fourth-order valence-electron chi connectivity index (χ4n) is 1.75. The molecule has 0 fully saturated rings. The summed E-state index contributed by atoms with van der Waals surface area (Å²) in [4.78, 5) is 17.8. The Labute approximate surface area is 124 Å². The molecule has 106 valence electrons. The van der Waals surface area contributed by atoms with Crippen molar-refractivity contribution in [3.05, 3.63) is 35.2 Å². The largest absolute Gasteiger partial charge is 0.301 e. The molecule has 0 saturated heterocycles. The smallest absolute Gasteiger partial charge is 0.231 e. The normalized spacial score (nSPS) is 11.4. The number of thiazole rings is 1. The van der Waals surface area contributed by atoms with E-state index < -0.39 is 5.41 Å². The summed E-state index contributed by atoms with van der Waals surface area (Å²) in [6.07, 6.45) is 0.910. The third-order valence-electron chi connectivity index (χ3n) is 2.97. The van der Waals surface area contributed by atoms with Crippen LogP contribution < -0.4 is 5.32 Å². The minimum Gasteiger partial charge on any atom is -0.301 e. The SMILES string of the molecule is CCc1sc(NC(=O)C(C)(C)C)nc1-c1ccccc1. The quantitative estimate of drug-likeness (QED) is 0.912. The minimum absolute atomic E-state index is 0.00600. The second-order valence-corrected chi connectivity index (χ2v) is 6.80. The van der Waals surface area contributed by atoms with Crippen molar-refractivity contribution >= 4 is 22.4 Å². The van der Waals surface area contributed by atoms with Gasteiger partial charge in [0.1, 0.15) is 0 Å². The average Bonchev–Trinajstić information content (AvgIpc) is 2.81. The maximum atomic E-state index is 12.0. The van der Waals surface area contributed by atoms with Gasteiger partial charge in [0.2, 0.25) is 5.91 Å². The van der Waals surface area contributed by atoms with Crippen molar-refractivity contribution in [2.75, 3.05) is 5.32 Å².